The summed E-state index contributed by atoms with van der Waals surface area (Å²) in [6.07, 6.45) is 5.28. The molecular weight excluding hydrogens is 218 g/mol. The summed E-state index contributed by atoms with van der Waals surface area (Å²) < 4.78 is 1.39. The van der Waals surface area contributed by atoms with Crippen molar-refractivity contribution in [1.82, 2.24) is 19.6 Å². The quantitative estimate of drug-likeness (QED) is 0.826. The van der Waals surface area contributed by atoms with Gasteiger partial charge in [-0.25, -0.2) is 19.3 Å². The highest BCUT2D eigenvalue weighted by Gasteiger charge is 2.40. The molecule has 2 N–H and O–H groups in total. The summed E-state index contributed by atoms with van der Waals surface area (Å²) in [5.74, 6) is 0.774. The molecule has 90 valence electrons. The number of rotatable bonds is 4. The van der Waals surface area contributed by atoms with E-state index in [0.29, 0.717) is 11.1 Å². The lowest BCUT2D eigenvalue weighted by Gasteiger charge is -2.13. The van der Waals surface area contributed by atoms with Gasteiger partial charge in [0.25, 0.3) is 0 Å². The van der Waals surface area contributed by atoms with Crippen molar-refractivity contribution in [1.29, 1.82) is 0 Å². The van der Waals surface area contributed by atoms with Crippen LogP contribution >= 0.6 is 0 Å². The maximum atomic E-state index is 11.2. The maximum absolute atomic E-state index is 11.2. The second-order valence-electron chi connectivity index (χ2n) is 4.74. The lowest BCUT2D eigenvalue weighted by Crippen LogP contribution is -2.16. The summed E-state index contributed by atoms with van der Waals surface area (Å²) >= 11 is 0. The summed E-state index contributed by atoms with van der Waals surface area (Å²) in [6.45, 7) is 3.17. The van der Waals surface area contributed by atoms with Gasteiger partial charge in [-0.1, -0.05) is 6.92 Å². The SMILES string of the molecule is CCC1(CNc2cc3n[nH]c(=O)n3cn2)CC1. The molecule has 1 aliphatic carbocycles. The fourth-order valence-electron chi connectivity index (χ4n) is 2.02. The molecule has 2 heterocycles. The number of aromatic amines is 1. The van der Waals surface area contributed by atoms with Crippen LogP contribution in [0.2, 0.25) is 0 Å². The third-order valence-electron chi connectivity index (χ3n) is 3.66. The monoisotopic (exact) mass is 233 g/mol. The molecule has 0 amide bonds. The summed E-state index contributed by atoms with van der Waals surface area (Å²) in [7, 11) is 0. The molecule has 0 atom stereocenters. The molecule has 6 heteroatoms. The van der Waals surface area contributed by atoms with Crippen LogP contribution in [0.25, 0.3) is 5.65 Å². The van der Waals surface area contributed by atoms with Crippen molar-refractivity contribution in [2.75, 3.05) is 11.9 Å². The van der Waals surface area contributed by atoms with E-state index in [9.17, 15) is 4.79 Å². The Morgan fingerprint density at radius 1 is 1.59 bits per heavy atom. The van der Waals surface area contributed by atoms with Crippen molar-refractivity contribution in [2.24, 2.45) is 5.41 Å². The molecule has 0 unspecified atom stereocenters. The molecule has 3 rings (SSSR count). The first-order valence-corrected chi connectivity index (χ1v) is 5.89. The van der Waals surface area contributed by atoms with Crippen molar-refractivity contribution in [2.45, 2.75) is 26.2 Å². The number of fused-ring (bicyclic) bond motifs is 1. The fraction of sp³-hybridized carbons (Fsp3) is 0.545. The van der Waals surface area contributed by atoms with Crippen molar-refractivity contribution in [3.63, 3.8) is 0 Å². The molecule has 0 saturated heterocycles. The second kappa shape index (κ2) is 3.58. The third kappa shape index (κ3) is 1.79. The molecule has 1 aliphatic rings. The van der Waals surface area contributed by atoms with Gasteiger partial charge >= 0.3 is 5.69 Å². The van der Waals surface area contributed by atoms with Crippen molar-refractivity contribution in [3.8, 4) is 0 Å². The first-order chi connectivity index (χ1) is 8.22. The van der Waals surface area contributed by atoms with Crippen LogP contribution in [0.1, 0.15) is 26.2 Å². The Morgan fingerprint density at radius 2 is 2.41 bits per heavy atom. The van der Waals surface area contributed by atoms with E-state index in [2.05, 4.69) is 27.4 Å². The predicted molar refractivity (Wildman–Crippen MR) is 64.1 cm³/mol. The highest BCUT2D eigenvalue weighted by Crippen LogP contribution is 2.48. The standard InChI is InChI=1S/C11H15N5O/c1-2-11(3-4-11)6-12-8-5-9-14-15-10(17)16(9)7-13-8/h5,7,12H,2-4,6H2,1H3,(H,15,17). The van der Waals surface area contributed by atoms with Gasteiger partial charge in [0.15, 0.2) is 5.65 Å². The molecule has 0 aliphatic heterocycles. The normalized spacial score (nSPS) is 17.2. The van der Waals surface area contributed by atoms with Crippen LogP contribution in [0, 0.1) is 5.41 Å². The highest BCUT2D eigenvalue weighted by molar-refractivity contribution is 5.48. The van der Waals surface area contributed by atoms with Crippen LogP contribution in [-0.4, -0.2) is 26.1 Å². The smallest absolute Gasteiger partial charge is 0.348 e. The fourth-order valence-corrected chi connectivity index (χ4v) is 2.02. The number of hydrogen-bond acceptors (Lipinski definition) is 4. The van der Waals surface area contributed by atoms with E-state index in [-0.39, 0.29) is 5.69 Å². The van der Waals surface area contributed by atoms with E-state index in [1.165, 1.54) is 30.0 Å². The Kier molecular flexibility index (Phi) is 2.17. The van der Waals surface area contributed by atoms with Gasteiger partial charge in [0.1, 0.15) is 12.1 Å². The number of anilines is 1. The van der Waals surface area contributed by atoms with Crippen LogP contribution in [0.3, 0.4) is 0 Å². The largest absolute Gasteiger partial charge is 0.369 e. The topological polar surface area (TPSA) is 75.1 Å². The summed E-state index contributed by atoms with van der Waals surface area (Å²) in [6, 6.07) is 1.78. The average molecular weight is 233 g/mol. The number of hydrogen-bond donors (Lipinski definition) is 2. The molecule has 6 nitrogen and oxygen atoms in total. The average Bonchev–Trinajstić information content (AvgIpc) is 3.06. The van der Waals surface area contributed by atoms with Gasteiger partial charge in [-0.05, 0) is 24.7 Å². The predicted octanol–water partition coefficient (Wildman–Crippen LogP) is 1.02. The van der Waals surface area contributed by atoms with Crippen LogP contribution in [0.5, 0.6) is 0 Å². The zero-order valence-electron chi connectivity index (χ0n) is 9.73. The molecule has 2 aromatic rings. The summed E-state index contributed by atoms with van der Waals surface area (Å²) in [5, 5.41) is 9.61. The van der Waals surface area contributed by atoms with E-state index in [1.54, 1.807) is 6.07 Å². The highest BCUT2D eigenvalue weighted by atomic mass is 16.1. The van der Waals surface area contributed by atoms with Gasteiger partial charge in [0.05, 0.1) is 0 Å². The molecule has 17 heavy (non-hydrogen) atoms. The first-order valence-electron chi connectivity index (χ1n) is 5.89. The molecule has 0 bridgehead atoms. The van der Waals surface area contributed by atoms with Crippen LogP contribution in [0.15, 0.2) is 17.2 Å². The van der Waals surface area contributed by atoms with Crippen molar-refractivity contribution >= 4 is 11.5 Å². The van der Waals surface area contributed by atoms with Gasteiger partial charge < -0.3 is 5.32 Å². The van der Waals surface area contributed by atoms with E-state index >= 15 is 0 Å². The van der Waals surface area contributed by atoms with Gasteiger partial charge in [-0.3, -0.25) is 0 Å². The number of nitrogens with one attached hydrogen (secondary N) is 2. The molecule has 0 aromatic carbocycles. The molecular formula is C11H15N5O. The Hall–Kier alpha value is -1.85. The van der Waals surface area contributed by atoms with Crippen LogP contribution < -0.4 is 11.0 Å². The molecule has 2 aromatic heterocycles. The minimum absolute atomic E-state index is 0.258. The lowest BCUT2D eigenvalue weighted by molar-refractivity contribution is 0.520. The van der Waals surface area contributed by atoms with Gasteiger partial charge in [-0.2, -0.15) is 5.10 Å². The molecule has 1 fully saturated rings. The van der Waals surface area contributed by atoms with Gasteiger partial charge in [0, 0.05) is 12.6 Å². The lowest BCUT2D eigenvalue weighted by atomic mass is 10.0. The minimum Gasteiger partial charge on any atom is -0.369 e. The zero-order valence-corrected chi connectivity index (χ0v) is 9.73. The van der Waals surface area contributed by atoms with Crippen molar-refractivity contribution < 1.29 is 0 Å². The van der Waals surface area contributed by atoms with Crippen LogP contribution in [0.4, 0.5) is 5.82 Å². The van der Waals surface area contributed by atoms with Gasteiger partial charge in [0.2, 0.25) is 0 Å². The third-order valence-corrected chi connectivity index (χ3v) is 3.66. The zero-order chi connectivity index (χ0) is 11.9. The number of H-pyrrole nitrogens is 1. The van der Waals surface area contributed by atoms with E-state index < -0.39 is 0 Å². The Bertz CT molecular complexity index is 595. The number of aromatic nitrogens is 4. The van der Waals surface area contributed by atoms with Gasteiger partial charge in [-0.15, -0.1) is 0 Å². The summed E-state index contributed by atoms with van der Waals surface area (Å²) in [4.78, 5) is 15.4. The van der Waals surface area contributed by atoms with Crippen molar-refractivity contribution in [3.05, 3.63) is 22.9 Å². The second-order valence-corrected chi connectivity index (χ2v) is 4.74. The van der Waals surface area contributed by atoms with Crippen LogP contribution in [-0.2, 0) is 0 Å². The Labute approximate surface area is 98.1 Å². The van der Waals surface area contributed by atoms with E-state index in [4.69, 9.17) is 0 Å². The first kappa shape index (κ1) is 10.3. The number of nitrogens with zero attached hydrogens (tertiary/aromatic N) is 3. The molecule has 0 spiro atoms. The van der Waals surface area contributed by atoms with E-state index in [0.717, 1.165) is 12.4 Å². The summed E-state index contributed by atoms with van der Waals surface area (Å²) in [5.41, 5.74) is 0.805. The maximum Gasteiger partial charge on any atom is 0.348 e. The van der Waals surface area contributed by atoms with E-state index in [1.807, 2.05) is 0 Å². The Morgan fingerprint density at radius 3 is 3.12 bits per heavy atom. The molecule has 0 radical (unpaired) electrons. The Balaban J connectivity index is 1.79. The minimum atomic E-state index is -0.258. The molecule has 1 saturated carbocycles.